The molecule has 1 aliphatic heterocycles. The number of hydrogen-bond acceptors (Lipinski definition) is 5. The van der Waals surface area contributed by atoms with Crippen molar-refractivity contribution in [2.75, 3.05) is 52.9 Å². The molecule has 31 heavy (non-hydrogen) atoms. The Bertz CT molecular complexity index is 701. The molecule has 1 fully saturated rings. The molecule has 9 heteroatoms. The molecule has 0 radical (unpaired) electrons. The summed E-state index contributed by atoms with van der Waals surface area (Å²) >= 11 is 0. The lowest BCUT2D eigenvalue weighted by atomic mass is 10.2. The number of amides is 1. The fourth-order valence-electron chi connectivity index (χ4n) is 3.15. The topological polar surface area (TPSA) is 78.4 Å². The van der Waals surface area contributed by atoms with Crippen molar-refractivity contribution in [2.45, 2.75) is 39.8 Å². The van der Waals surface area contributed by atoms with E-state index < -0.39 is 5.60 Å². The van der Waals surface area contributed by atoms with Crippen molar-refractivity contribution in [3.63, 3.8) is 0 Å². The van der Waals surface area contributed by atoms with E-state index in [1.807, 2.05) is 45.0 Å². The third kappa shape index (κ3) is 9.94. The van der Waals surface area contributed by atoms with E-state index in [4.69, 9.17) is 9.47 Å². The number of piperazine rings is 1. The predicted molar refractivity (Wildman–Crippen MR) is 135 cm³/mol. The number of guanidine groups is 1. The number of nitrogens with one attached hydrogen (secondary N) is 2. The third-order valence-corrected chi connectivity index (χ3v) is 4.69. The Balaban J connectivity index is 0.00000480. The van der Waals surface area contributed by atoms with Crippen molar-refractivity contribution in [3.05, 3.63) is 29.8 Å². The van der Waals surface area contributed by atoms with Crippen LogP contribution in [0.4, 0.5) is 4.79 Å². The van der Waals surface area contributed by atoms with Gasteiger partial charge in [0.15, 0.2) is 5.96 Å². The average molecular weight is 547 g/mol. The van der Waals surface area contributed by atoms with Gasteiger partial charge in [0.05, 0.1) is 13.7 Å². The highest BCUT2D eigenvalue weighted by molar-refractivity contribution is 14.0. The number of methoxy groups -OCH3 is 1. The standard InChI is InChI=1S/C22H37N5O3.HI/c1-6-23-20(25-17-18-9-7-8-10-19(18)29-5)24-11-12-26-13-15-27(16-14-26)21(28)30-22(2,3)4;/h7-10H,6,11-17H2,1-5H3,(H2,23,24,25);1H. The molecule has 1 amide bonds. The van der Waals surface area contributed by atoms with Crippen LogP contribution >= 0.6 is 24.0 Å². The van der Waals surface area contributed by atoms with Gasteiger partial charge in [-0.05, 0) is 33.8 Å². The van der Waals surface area contributed by atoms with Crippen molar-refractivity contribution in [1.82, 2.24) is 20.4 Å². The average Bonchev–Trinajstić information content (AvgIpc) is 2.71. The van der Waals surface area contributed by atoms with Gasteiger partial charge in [0, 0.05) is 51.4 Å². The lowest BCUT2D eigenvalue weighted by Crippen LogP contribution is -2.51. The first-order valence-corrected chi connectivity index (χ1v) is 10.7. The molecule has 0 aromatic heterocycles. The molecule has 2 N–H and O–H groups in total. The molecular weight excluding hydrogens is 509 g/mol. The van der Waals surface area contributed by atoms with E-state index in [0.717, 1.165) is 50.0 Å². The van der Waals surface area contributed by atoms with Crippen LogP contribution in [0.5, 0.6) is 5.75 Å². The van der Waals surface area contributed by atoms with Crippen molar-refractivity contribution in [3.8, 4) is 5.75 Å². The molecule has 0 aliphatic carbocycles. The number of ether oxygens (including phenoxy) is 2. The maximum Gasteiger partial charge on any atom is 0.410 e. The molecule has 1 aromatic carbocycles. The minimum absolute atomic E-state index is 0. The Morgan fingerprint density at radius 3 is 2.42 bits per heavy atom. The molecule has 0 saturated carbocycles. The van der Waals surface area contributed by atoms with Gasteiger partial charge in [-0.25, -0.2) is 9.79 Å². The number of halogens is 1. The molecule has 176 valence electrons. The molecule has 2 rings (SSSR count). The number of nitrogens with zero attached hydrogens (tertiary/aromatic N) is 3. The minimum Gasteiger partial charge on any atom is -0.496 e. The van der Waals surface area contributed by atoms with Crippen LogP contribution < -0.4 is 15.4 Å². The second-order valence-electron chi connectivity index (χ2n) is 8.24. The molecule has 1 heterocycles. The molecule has 0 atom stereocenters. The number of aliphatic imine (C=N–C) groups is 1. The van der Waals surface area contributed by atoms with Crippen LogP contribution in [0.1, 0.15) is 33.3 Å². The van der Waals surface area contributed by atoms with E-state index in [1.54, 1.807) is 12.0 Å². The Hall–Kier alpha value is -1.75. The summed E-state index contributed by atoms with van der Waals surface area (Å²) in [6, 6.07) is 7.92. The van der Waals surface area contributed by atoms with Crippen molar-refractivity contribution in [2.24, 2.45) is 4.99 Å². The Morgan fingerprint density at radius 2 is 1.81 bits per heavy atom. The normalized spacial score (nSPS) is 15.1. The summed E-state index contributed by atoms with van der Waals surface area (Å²) in [6.07, 6.45) is -0.224. The summed E-state index contributed by atoms with van der Waals surface area (Å²) in [4.78, 5) is 21.0. The number of rotatable bonds is 7. The number of benzene rings is 1. The Labute approximate surface area is 203 Å². The molecule has 8 nitrogen and oxygen atoms in total. The zero-order valence-electron chi connectivity index (χ0n) is 19.4. The molecule has 0 bridgehead atoms. The monoisotopic (exact) mass is 547 g/mol. The van der Waals surface area contributed by atoms with Crippen LogP contribution in [-0.2, 0) is 11.3 Å². The molecule has 1 aromatic rings. The highest BCUT2D eigenvalue weighted by atomic mass is 127. The van der Waals surface area contributed by atoms with E-state index >= 15 is 0 Å². The van der Waals surface area contributed by atoms with Crippen LogP contribution in [0, 0.1) is 0 Å². The van der Waals surface area contributed by atoms with Gasteiger partial charge in [-0.2, -0.15) is 0 Å². The first-order chi connectivity index (χ1) is 14.3. The van der Waals surface area contributed by atoms with E-state index in [0.29, 0.717) is 19.6 Å². The SMILES string of the molecule is CCNC(=NCc1ccccc1OC)NCCN1CCN(C(=O)OC(C)(C)C)CC1.I. The van der Waals surface area contributed by atoms with Gasteiger partial charge in [-0.15, -0.1) is 24.0 Å². The first-order valence-electron chi connectivity index (χ1n) is 10.7. The number of para-hydroxylation sites is 1. The Kier molecular flexibility index (Phi) is 12.0. The quantitative estimate of drug-likeness (QED) is 0.311. The first kappa shape index (κ1) is 27.3. The second-order valence-corrected chi connectivity index (χ2v) is 8.24. The van der Waals surface area contributed by atoms with E-state index in [1.165, 1.54) is 0 Å². The van der Waals surface area contributed by atoms with Gasteiger partial charge < -0.3 is 25.0 Å². The lowest BCUT2D eigenvalue weighted by Gasteiger charge is -2.35. The number of carbonyl (C=O) groups is 1. The largest absolute Gasteiger partial charge is 0.496 e. The fraction of sp³-hybridized carbons (Fsp3) is 0.636. The Morgan fingerprint density at radius 1 is 1.13 bits per heavy atom. The third-order valence-electron chi connectivity index (χ3n) is 4.69. The highest BCUT2D eigenvalue weighted by Crippen LogP contribution is 2.17. The van der Waals surface area contributed by atoms with Gasteiger partial charge in [0.2, 0.25) is 0 Å². The summed E-state index contributed by atoms with van der Waals surface area (Å²) in [5.74, 6) is 1.63. The van der Waals surface area contributed by atoms with E-state index in [9.17, 15) is 4.79 Å². The van der Waals surface area contributed by atoms with Crippen LogP contribution in [-0.4, -0.2) is 80.4 Å². The minimum atomic E-state index is -0.454. The number of hydrogen-bond donors (Lipinski definition) is 2. The summed E-state index contributed by atoms with van der Waals surface area (Å²) in [7, 11) is 1.68. The lowest BCUT2D eigenvalue weighted by molar-refractivity contribution is 0.0147. The second kappa shape index (κ2) is 13.6. The molecule has 0 spiro atoms. The van der Waals surface area contributed by atoms with Crippen molar-refractivity contribution in [1.29, 1.82) is 0 Å². The van der Waals surface area contributed by atoms with Crippen molar-refractivity contribution < 1.29 is 14.3 Å². The van der Waals surface area contributed by atoms with Gasteiger partial charge in [-0.3, -0.25) is 4.90 Å². The fourth-order valence-corrected chi connectivity index (χ4v) is 3.15. The van der Waals surface area contributed by atoms with Gasteiger partial charge in [0.1, 0.15) is 11.4 Å². The number of carbonyl (C=O) groups excluding carboxylic acids is 1. The van der Waals surface area contributed by atoms with Gasteiger partial charge >= 0.3 is 6.09 Å². The maximum atomic E-state index is 12.2. The van der Waals surface area contributed by atoms with Crippen LogP contribution in [0.3, 0.4) is 0 Å². The maximum absolute atomic E-state index is 12.2. The predicted octanol–water partition coefficient (Wildman–Crippen LogP) is 2.92. The molecule has 0 unspecified atom stereocenters. The zero-order valence-corrected chi connectivity index (χ0v) is 21.8. The zero-order chi connectivity index (χ0) is 22.0. The van der Waals surface area contributed by atoms with Crippen LogP contribution in [0.2, 0.25) is 0 Å². The summed E-state index contributed by atoms with van der Waals surface area (Å²) in [5.41, 5.74) is 0.597. The summed E-state index contributed by atoms with van der Waals surface area (Å²) in [6.45, 7) is 13.8. The molecule has 1 aliphatic rings. The van der Waals surface area contributed by atoms with Crippen LogP contribution in [0.25, 0.3) is 0 Å². The van der Waals surface area contributed by atoms with Crippen molar-refractivity contribution >= 4 is 36.0 Å². The smallest absolute Gasteiger partial charge is 0.410 e. The molecular formula is C22H38IN5O3. The summed E-state index contributed by atoms with van der Waals surface area (Å²) < 4.78 is 10.9. The summed E-state index contributed by atoms with van der Waals surface area (Å²) in [5, 5.41) is 6.67. The van der Waals surface area contributed by atoms with Gasteiger partial charge in [0.25, 0.3) is 0 Å². The van der Waals surface area contributed by atoms with E-state index in [2.05, 4.69) is 27.4 Å². The van der Waals surface area contributed by atoms with Crippen LogP contribution in [0.15, 0.2) is 29.3 Å². The van der Waals surface area contributed by atoms with E-state index in [-0.39, 0.29) is 30.1 Å². The van der Waals surface area contributed by atoms with Gasteiger partial charge in [-0.1, -0.05) is 18.2 Å². The highest BCUT2D eigenvalue weighted by Gasteiger charge is 2.25. The molecule has 1 saturated heterocycles.